The largest absolute Gasteiger partial charge is 0.330 e. The minimum atomic E-state index is -3.18. The molecule has 1 rings (SSSR count). The van der Waals surface area contributed by atoms with E-state index in [1.165, 1.54) is 11.3 Å². The van der Waals surface area contributed by atoms with Crippen molar-refractivity contribution < 1.29 is 8.42 Å². The lowest BCUT2D eigenvalue weighted by molar-refractivity contribution is 0.577. The lowest BCUT2D eigenvalue weighted by atomic mass is 10.3. The van der Waals surface area contributed by atoms with Crippen molar-refractivity contribution in [1.29, 1.82) is 0 Å². The first-order valence-electron chi connectivity index (χ1n) is 5.12. The molecule has 1 heterocycles. The number of aryl methyl sites for hydroxylation is 1. The molecule has 92 valence electrons. The summed E-state index contributed by atoms with van der Waals surface area (Å²) in [7, 11) is -3.18. The number of sulfonamides is 1. The molecule has 0 radical (unpaired) electrons. The number of unbranched alkanes of at least 4 members (excludes halogenated alkanes) is 1. The van der Waals surface area contributed by atoms with Crippen LogP contribution in [0.15, 0.2) is 6.20 Å². The number of thiazole rings is 1. The number of nitrogens with one attached hydrogen (secondary N) is 1. The van der Waals surface area contributed by atoms with Crippen molar-refractivity contribution >= 4 is 21.4 Å². The minimum Gasteiger partial charge on any atom is -0.330 e. The molecule has 0 atom stereocenters. The summed E-state index contributed by atoms with van der Waals surface area (Å²) in [5, 5.41) is 0.792. The van der Waals surface area contributed by atoms with Crippen molar-refractivity contribution in [3.8, 4) is 0 Å². The van der Waals surface area contributed by atoms with Crippen LogP contribution in [0.25, 0.3) is 0 Å². The maximum Gasteiger partial charge on any atom is 0.211 e. The number of aromatic nitrogens is 1. The second-order valence-electron chi connectivity index (χ2n) is 3.50. The Hall–Kier alpha value is -0.500. The van der Waals surface area contributed by atoms with Gasteiger partial charge in [0.2, 0.25) is 10.0 Å². The van der Waals surface area contributed by atoms with Crippen molar-refractivity contribution in [3.63, 3.8) is 0 Å². The van der Waals surface area contributed by atoms with Crippen LogP contribution in [0, 0.1) is 6.92 Å². The average molecular weight is 263 g/mol. The molecule has 0 fully saturated rings. The maximum absolute atomic E-state index is 11.5. The van der Waals surface area contributed by atoms with Crippen LogP contribution < -0.4 is 10.5 Å². The first kappa shape index (κ1) is 13.6. The lowest BCUT2D eigenvalue weighted by Gasteiger charge is -2.04. The van der Waals surface area contributed by atoms with E-state index in [1.54, 1.807) is 6.20 Å². The van der Waals surface area contributed by atoms with Gasteiger partial charge in [-0.15, -0.1) is 11.3 Å². The highest BCUT2D eigenvalue weighted by Gasteiger charge is 2.10. The molecule has 0 saturated carbocycles. The van der Waals surface area contributed by atoms with Crippen LogP contribution in [-0.4, -0.2) is 25.7 Å². The first-order chi connectivity index (χ1) is 7.53. The van der Waals surface area contributed by atoms with Crippen molar-refractivity contribution in [1.82, 2.24) is 9.71 Å². The van der Waals surface area contributed by atoms with E-state index in [-0.39, 0.29) is 12.3 Å². The molecule has 7 heteroatoms. The molecule has 0 aliphatic heterocycles. The van der Waals surface area contributed by atoms with Crippen LogP contribution in [-0.2, 0) is 16.6 Å². The molecule has 0 saturated heterocycles. The van der Waals surface area contributed by atoms with E-state index in [4.69, 9.17) is 5.73 Å². The fraction of sp³-hybridized carbons (Fsp3) is 0.667. The van der Waals surface area contributed by atoms with Crippen LogP contribution in [0.5, 0.6) is 0 Å². The quantitative estimate of drug-likeness (QED) is 0.706. The Balaban J connectivity index is 2.36. The molecule has 0 unspecified atom stereocenters. The van der Waals surface area contributed by atoms with Gasteiger partial charge in [0.25, 0.3) is 0 Å². The SMILES string of the molecule is Cc1cnc(CNS(=O)(=O)CCCCN)s1. The van der Waals surface area contributed by atoms with E-state index >= 15 is 0 Å². The summed E-state index contributed by atoms with van der Waals surface area (Å²) in [4.78, 5) is 5.17. The summed E-state index contributed by atoms with van der Waals surface area (Å²) in [6.45, 7) is 2.75. The van der Waals surface area contributed by atoms with Gasteiger partial charge in [-0.05, 0) is 26.3 Å². The molecule has 3 N–H and O–H groups in total. The third-order valence-corrected chi connectivity index (χ3v) is 4.30. The van der Waals surface area contributed by atoms with Crippen LogP contribution >= 0.6 is 11.3 Å². The van der Waals surface area contributed by atoms with Crippen LogP contribution in [0.4, 0.5) is 0 Å². The highest BCUT2D eigenvalue weighted by molar-refractivity contribution is 7.89. The van der Waals surface area contributed by atoms with Gasteiger partial charge in [-0.3, -0.25) is 0 Å². The molecule has 1 aromatic rings. The zero-order valence-electron chi connectivity index (χ0n) is 9.27. The predicted octanol–water partition coefficient (Wildman–Crippen LogP) is 0.610. The molecular weight excluding hydrogens is 246 g/mol. The Morgan fingerprint density at radius 1 is 1.50 bits per heavy atom. The molecule has 0 aliphatic carbocycles. The summed E-state index contributed by atoms with van der Waals surface area (Å²) in [6.07, 6.45) is 3.07. The molecule has 0 amide bonds. The van der Waals surface area contributed by atoms with E-state index < -0.39 is 10.0 Å². The summed E-state index contributed by atoms with van der Waals surface area (Å²) in [5.41, 5.74) is 5.30. The number of nitrogens with zero attached hydrogens (tertiary/aromatic N) is 1. The van der Waals surface area contributed by atoms with Crippen molar-refractivity contribution in [2.24, 2.45) is 5.73 Å². The van der Waals surface area contributed by atoms with E-state index in [9.17, 15) is 8.42 Å². The summed E-state index contributed by atoms with van der Waals surface area (Å²) in [5.74, 6) is 0.133. The predicted molar refractivity (Wildman–Crippen MR) is 65.8 cm³/mol. The van der Waals surface area contributed by atoms with Crippen molar-refractivity contribution in [2.45, 2.75) is 26.3 Å². The van der Waals surface area contributed by atoms with Gasteiger partial charge < -0.3 is 5.73 Å². The van der Waals surface area contributed by atoms with Gasteiger partial charge in [-0.2, -0.15) is 0 Å². The Labute approximate surface area is 100 Å². The van der Waals surface area contributed by atoms with Crippen molar-refractivity contribution in [2.75, 3.05) is 12.3 Å². The third kappa shape index (κ3) is 5.02. The van der Waals surface area contributed by atoms with Gasteiger partial charge in [0.15, 0.2) is 0 Å². The zero-order chi connectivity index (χ0) is 12.0. The highest BCUT2D eigenvalue weighted by Crippen LogP contribution is 2.10. The standard InChI is InChI=1S/C9H17N3O2S2/c1-8-6-11-9(15-8)7-12-16(13,14)5-3-2-4-10/h6,12H,2-5,7,10H2,1H3. The van der Waals surface area contributed by atoms with Gasteiger partial charge in [-0.1, -0.05) is 0 Å². The summed E-state index contributed by atoms with van der Waals surface area (Å²) in [6, 6.07) is 0. The number of hydrogen-bond acceptors (Lipinski definition) is 5. The van der Waals surface area contributed by atoms with Gasteiger partial charge in [0.05, 0.1) is 12.3 Å². The second kappa shape index (κ2) is 6.29. The number of rotatable bonds is 7. The number of hydrogen-bond donors (Lipinski definition) is 2. The monoisotopic (exact) mass is 263 g/mol. The Morgan fingerprint density at radius 2 is 2.25 bits per heavy atom. The Bertz CT molecular complexity index is 414. The Kier molecular flexibility index (Phi) is 5.33. The fourth-order valence-corrected chi connectivity index (χ4v) is 3.07. The summed E-state index contributed by atoms with van der Waals surface area (Å²) >= 11 is 1.50. The van der Waals surface area contributed by atoms with Crippen LogP contribution in [0.1, 0.15) is 22.7 Å². The van der Waals surface area contributed by atoms with Crippen LogP contribution in [0.3, 0.4) is 0 Å². The zero-order valence-corrected chi connectivity index (χ0v) is 10.9. The maximum atomic E-state index is 11.5. The van der Waals surface area contributed by atoms with Gasteiger partial charge in [0, 0.05) is 11.1 Å². The van der Waals surface area contributed by atoms with E-state index in [1.807, 2.05) is 6.92 Å². The molecule has 1 aromatic heterocycles. The average Bonchev–Trinajstić information content (AvgIpc) is 2.62. The molecule has 5 nitrogen and oxygen atoms in total. The number of nitrogens with two attached hydrogens (primary N) is 1. The molecule has 0 aromatic carbocycles. The van der Waals surface area contributed by atoms with Crippen LogP contribution in [0.2, 0.25) is 0 Å². The topological polar surface area (TPSA) is 85.1 Å². The van der Waals surface area contributed by atoms with Gasteiger partial charge >= 0.3 is 0 Å². The molecule has 0 spiro atoms. The van der Waals surface area contributed by atoms with E-state index in [0.717, 1.165) is 16.3 Å². The van der Waals surface area contributed by atoms with Gasteiger partial charge in [-0.25, -0.2) is 18.1 Å². The molecule has 16 heavy (non-hydrogen) atoms. The third-order valence-electron chi connectivity index (χ3n) is 1.98. The highest BCUT2D eigenvalue weighted by atomic mass is 32.2. The fourth-order valence-electron chi connectivity index (χ4n) is 1.16. The first-order valence-corrected chi connectivity index (χ1v) is 7.59. The van der Waals surface area contributed by atoms with E-state index in [2.05, 4.69) is 9.71 Å². The Morgan fingerprint density at radius 3 is 2.81 bits per heavy atom. The van der Waals surface area contributed by atoms with Gasteiger partial charge in [0.1, 0.15) is 5.01 Å². The smallest absolute Gasteiger partial charge is 0.211 e. The molecule has 0 bridgehead atoms. The van der Waals surface area contributed by atoms with Crippen molar-refractivity contribution in [3.05, 3.63) is 16.1 Å². The molecular formula is C9H17N3O2S2. The molecule has 0 aliphatic rings. The lowest BCUT2D eigenvalue weighted by Crippen LogP contribution is -2.26. The second-order valence-corrected chi connectivity index (χ2v) is 6.75. The normalized spacial score (nSPS) is 11.9. The summed E-state index contributed by atoms with van der Waals surface area (Å²) < 4.78 is 25.5. The minimum absolute atomic E-state index is 0.133. The van der Waals surface area contributed by atoms with E-state index in [0.29, 0.717) is 13.0 Å².